The van der Waals surface area contributed by atoms with Crippen LogP contribution in [-0.4, -0.2) is 27.7 Å². The minimum atomic E-state index is -0.253. The molecule has 0 bridgehead atoms. The van der Waals surface area contributed by atoms with Crippen molar-refractivity contribution < 1.29 is 14.6 Å². The van der Waals surface area contributed by atoms with Gasteiger partial charge in [0.05, 0.1) is 12.8 Å². The Morgan fingerprint density at radius 3 is 2.88 bits per heavy atom. The Bertz CT molecular complexity index is 999. The zero-order valence-corrected chi connectivity index (χ0v) is 14.7. The lowest BCUT2D eigenvalue weighted by Crippen LogP contribution is -2.25. The maximum Gasteiger partial charge on any atom is 0.226 e. The van der Waals surface area contributed by atoms with Gasteiger partial charge in [0.1, 0.15) is 6.33 Å². The molecule has 2 aromatic carbocycles. The first kappa shape index (κ1) is 16.5. The Labute approximate surface area is 155 Å². The average Bonchev–Trinajstić information content (AvgIpc) is 3.04. The van der Waals surface area contributed by atoms with E-state index in [2.05, 4.69) is 10.3 Å². The number of carbonyl (C=O) groups excluding carboxylic acids is 1. The number of benzene rings is 2. The summed E-state index contributed by atoms with van der Waals surface area (Å²) in [6, 6.07) is 12.6. The molecule has 0 fully saturated rings. The van der Waals surface area contributed by atoms with Crippen LogP contribution in [0.4, 0.5) is 5.82 Å². The second kappa shape index (κ2) is 6.38. The number of aromatic hydroxyl groups is 1. The van der Waals surface area contributed by atoms with Crippen molar-refractivity contribution in [3.63, 3.8) is 0 Å². The number of phenolic OH excluding ortho intramolecular Hbond substituents is 1. The van der Waals surface area contributed by atoms with Gasteiger partial charge in [0.2, 0.25) is 5.91 Å². The summed E-state index contributed by atoms with van der Waals surface area (Å²) in [5.41, 5.74) is 2.50. The number of fused-ring (bicyclic) bond motifs is 1. The van der Waals surface area contributed by atoms with E-state index in [0.29, 0.717) is 16.6 Å². The molecule has 7 heteroatoms. The van der Waals surface area contributed by atoms with Crippen LogP contribution >= 0.6 is 11.6 Å². The fraction of sp³-hybridized carbons (Fsp3) is 0.158. The quantitative estimate of drug-likeness (QED) is 0.737. The number of anilines is 1. The molecular formula is C19H16ClN3O3. The Hall–Kier alpha value is -2.99. The minimum Gasteiger partial charge on any atom is -0.504 e. The van der Waals surface area contributed by atoms with Crippen molar-refractivity contribution in [3.05, 3.63) is 65.1 Å². The number of halogens is 1. The van der Waals surface area contributed by atoms with Crippen molar-refractivity contribution >= 4 is 23.3 Å². The van der Waals surface area contributed by atoms with E-state index in [1.165, 1.54) is 7.11 Å². The number of methoxy groups -OCH3 is 1. The topological polar surface area (TPSA) is 76.4 Å². The first-order valence-electron chi connectivity index (χ1n) is 8.06. The summed E-state index contributed by atoms with van der Waals surface area (Å²) < 4.78 is 7.02. The molecule has 26 heavy (non-hydrogen) atoms. The lowest BCUT2D eigenvalue weighted by Gasteiger charge is -2.25. The van der Waals surface area contributed by atoms with Gasteiger partial charge in [0.15, 0.2) is 17.3 Å². The second-order valence-corrected chi connectivity index (χ2v) is 6.50. The van der Waals surface area contributed by atoms with Crippen molar-refractivity contribution in [2.75, 3.05) is 12.4 Å². The van der Waals surface area contributed by atoms with Crippen molar-refractivity contribution in [2.45, 2.75) is 12.3 Å². The molecule has 0 saturated carbocycles. The molecule has 1 atom stereocenters. The van der Waals surface area contributed by atoms with Crippen LogP contribution in [0.1, 0.15) is 23.6 Å². The highest BCUT2D eigenvalue weighted by Gasteiger charge is 2.31. The molecule has 6 nitrogen and oxygen atoms in total. The molecule has 0 aliphatic carbocycles. The number of aromatic nitrogens is 2. The standard InChI is InChI=1S/C19H16ClN3O3/c1-26-16-6-5-11(7-15(16)24)14-9-17(25)22-19-18(14)23(10-21-19)13-4-2-3-12(20)8-13/h2-8,10,14,24H,9H2,1H3,(H,22,25)/t14-/m1/s1. The monoisotopic (exact) mass is 369 g/mol. The van der Waals surface area contributed by atoms with Crippen LogP contribution in [-0.2, 0) is 4.79 Å². The molecule has 0 unspecified atom stereocenters. The Balaban J connectivity index is 1.85. The molecule has 3 aromatic rings. The summed E-state index contributed by atoms with van der Waals surface area (Å²) in [6.07, 6.45) is 1.92. The zero-order chi connectivity index (χ0) is 18.3. The summed E-state index contributed by atoms with van der Waals surface area (Å²) in [4.78, 5) is 16.5. The van der Waals surface area contributed by atoms with Crippen LogP contribution in [0.2, 0.25) is 5.02 Å². The van der Waals surface area contributed by atoms with Gasteiger partial charge in [-0.25, -0.2) is 4.98 Å². The fourth-order valence-corrected chi connectivity index (χ4v) is 3.47. The number of hydrogen-bond acceptors (Lipinski definition) is 4. The van der Waals surface area contributed by atoms with E-state index < -0.39 is 0 Å². The molecule has 0 spiro atoms. The third-order valence-electron chi connectivity index (χ3n) is 4.47. The highest BCUT2D eigenvalue weighted by atomic mass is 35.5. The minimum absolute atomic E-state index is 0.0337. The molecule has 4 rings (SSSR count). The molecule has 2 heterocycles. The lowest BCUT2D eigenvalue weighted by molar-refractivity contribution is -0.116. The van der Waals surface area contributed by atoms with E-state index in [9.17, 15) is 9.90 Å². The van der Waals surface area contributed by atoms with Gasteiger partial charge in [-0.15, -0.1) is 0 Å². The van der Waals surface area contributed by atoms with Crippen LogP contribution in [0.25, 0.3) is 5.69 Å². The maximum atomic E-state index is 12.1. The van der Waals surface area contributed by atoms with Crippen LogP contribution < -0.4 is 10.1 Å². The van der Waals surface area contributed by atoms with Gasteiger partial charge in [-0.3, -0.25) is 4.79 Å². The van der Waals surface area contributed by atoms with Gasteiger partial charge in [-0.05, 0) is 35.9 Å². The van der Waals surface area contributed by atoms with E-state index in [1.807, 2.05) is 28.8 Å². The maximum absolute atomic E-state index is 12.1. The predicted octanol–water partition coefficient (Wildman–Crippen LogP) is 3.71. The molecule has 2 N–H and O–H groups in total. The fourth-order valence-electron chi connectivity index (χ4n) is 3.28. The molecule has 1 aromatic heterocycles. The van der Waals surface area contributed by atoms with E-state index >= 15 is 0 Å². The highest BCUT2D eigenvalue weighted by molar-refractivity contribution is 6.30. The van der Waals surface area contributed by atoms with Gasteiger partial charge in [-0.1, -0.05) is 23.7 Å². The Morgan fingerprint density at radius 2 is 2.15 bits per heavy atom. The number of phenols is 1. The number of nitrogens with zero attached hydrogens (tertiary/aromatic N) is 2. The number of ether oxygens (including phenoxy) is 1. The molecule has 1 aliphatic rings. The third kappa shape index (κ3) is 2.78. The molecule has 1 aliphatic heterocycles. The highest BCUT2D eigenvalue weighted by Crippen LogP contribution is 2.40. The van der Waals surface area contributed by atoms with E-state index in [1.54, 1.807) is 24.5 Å². The van der Waals surface area contributed by atoms with Crippen LogP contribution in [0.5, 0.6) is 11.5 Å². The van der Waals surface area contributed by atoms with E-state index in [-0.39, 0.29) is 24.0 Å². The molecule has 1 amide bonds. The summed E-state index contributed by atoms with van der Waals surface area (Å²) in [6.45, 7) is 0. The third-order valence-corrected chi connectivity index (χ3v) is 4.71. The first-order chi connectivity index (χ1) is 12.6. The number of imidazole rings is 1. The number of hydrogen-bond donors (Lipinski definition) is 2. The van der Waals surface area contributed by atoms with Gasteiger partial charge in [0.25, 0.3) is 0 Å². The first-order valence-corrected chi connectivity index (χ1v) is 8.44. The molecule has 0 saturated heterocycles. The SMILES string of the molecule is COc1ccc([C@H]2CC(=O)Nc3ncn(-c4cccc(Cl)c4)c32)cc1O. The summed E-state index contributed by atoms with van der Waals surface area (Å²) >= 11 is 6.13. The molecular weight excluding hydrogens is 354 g/mol. The number of amides is 1. The summed E-state index contributed by atoms with van der Waals surface area (Å²) in [5.74, 6) is 0.566. The smallest absolute Gasteiger partial charge is 0.226 e. The number of rotatable bonds is 3. The predicted molar refractivity (Wildman–Crippen MR) is 98.3 cm³/mol. The second-order valence-electron chi connectivity index (χ2n) is 6.06. The van der Waals surface area contributed by atoms with Crippen molar-refractivity contribution in [1.29, 1.82) is 0 Å². The van der Waals surface area contributed by atoms with Gasteiger partial charge in [-0.2, -0.15) is 0 Å². The van der Waals surface area contributed by atoms with Gasteiger partial charge < -0.3 is 19.7 Å². The molecule has 0 radical (unpaired) electrons. The Morgan fingerprint density at radius 1 is 1.31 bits per heavy atom. The van der Waals surface area contributed by atoms with E-state index in [0.717, 1.165) is 16.9 Å². The van der Waals surface area contributed by atoms with Crippen molar-refractivity contribution in [2.24, 2.45) is 0 Å². The van der Waals surface area contributed by atoms with Crippen molar-refractivity contribution in [1.82, 2.24) is 9.55 Å². The van der Waals surface area contributed by atoms with Crippen LogP contribution in [0.15, 0.2) is 48.8 Å². The summed E-state index contributed by atoms with van der Waals surface area (Å²) in [5, 5.41) is 13.6. The normalized spacial score (nSPS) is 16.1. The van der Waals surface area contributed by atoms with Crippen LogP contribution in [0, 0.1) is 0 Å². The summed E-state index contributed by atoms with van der Waals surface area (Å²) in [7, 11) is 1.50. The molecule has 132 valence electrons. The number of nitrogens with one attached hydrogen (secondary N) is 1. The average molecular weight is 370 g/mol. The Kier molecular flexibility index (Phi) is 4.05. The van der Waals surface area contributed by atoms with E-state index in [4.69, 9.17) is 16.3 Å². The largest absolute Gasteiger partial charge is 0.504 e. The van der Waals surface area contributed by atoms with Crippen molar-refractivity contribution in [3.8, 4) is 17.2 Å². The van der Waals surface area contributed by atoms with Crippen LogP contribution in [0.3, 0.4) is 0 Å². The van der Waals surface area contributed by atoms with Gasteiger partial charge in [0, 0.05) is 23.0 Å². The zero-order valence-electron chi connectivity index (χ0n) is 13.9. The lowest BCUT2D eigenvalue weighted by atomic mass is 9.89. The van der Waals surface area contributed by atoms with Gasteiger partial charge >= 0.3 is 0 Å². The number of carbonyl (C=O) groups is 1.